The second-order valence-corrected chi connectivity index (χ2v) is 5.38. The lowest BCUT2D eigenvalue weighted by atomic mass is 9.98. The molecule has 1 fully saturated rings. The van der Waals surface area contributed by atoms with Crippen LogP contribution in [0.3, 0.4) is 0 Å². The minimum absolute atomic E-state index is 0.0953. The number of piperidine rings is 1. The second kappa shape index (κ2) is 6.49. The summed E-state index contributed by atoms with van der Waals surface area (Å²) in [5.41, 5.74) is 0.944. The van der Waals surface area contributed by atoms with Crippen molar-refractivity contribution < 1.29 is 5.11 Å². The number of aromatic nitrogens is 5. The monoisotopic (exact) mass is 299 g/mol. The van der Waals surface area contributed by atoms with Crippen molar-refractivity contribution in [1.82, 2.24) is 25.0 Å². The molecule has 114 valence electrons. The Kier molecular flexibility index (Phi) is 4.25. The highest BCUT2D eigenvalue weighted by Crippen LogP contribution is 2.24. The first-order chi connectivity index (χ1) is 10.8. The molecule has 8 nitrogen and oxygen atoms in total. The summed E-state index contributed by atoms with van der Waals surface area (Å²) in [6.45, 7) is 2.33. The molecule has 1 N–H and O–H groups in total. The molecule has 0 spiro atoms. The molecule has 0 saturated carbocycles. The van der Waals surface area contributed by atoms with E-state index in [0.717, 1.165) is 32.5 Å². The van der Waals surface area contributed by atoms with Gasteiger partial charge in [0.1, 0.15) is 11.8 Å². The SMILES string of the molecule is N#Cc1nccnc1N1CCC[C@H](Cn2cc(CO)nn2)C1. The predicted molar refractivity (Wildman–Crippen MR) is 77.6 cm³/mol. The Morgan fingerprint density at radius 3 is 3.00 bits per heavy atom. The molecule has 1 aliphatic heterocycles. The minimum Gasteiger partial charge on any atom is -0.390 e. The molecule has 2 aromatic heterocycles. The first kappa shape index (κ1) is 14.4. The fraction of sp³-hybridized carbons (Fsp3) is 0.500. The molecule has 0 radical (unpaired) electrons. The zero-order valence-corrected chi connectivity index (χ0v) is 12.1. The summed E-state index contributed by atoms with van der Waals surface area (Å²) in [5, 5.41) is 26.1. The maximum Gasteiger partial charge on any atom is 0.183 e. The van der Waals surface area contributed by atoms with E-state index in [9.17, 15) is 0 Å². The minimum atomic E-state index is -0.0953. The molecule has 22 heavy (non-hydrogen) atoms. The topological polar surface area (TPSA) is 104 Å². The summed E-state index contributed by atoms with van der Waals surface area (Å²) in [5.74, 6) is 1.06. The first-order valence-electron chi connectivity index (χ1n) is 7.26. The van der Waals surface area contributed by atoms with Crippen molar-refractivity contribution in [2.45, 2.75) is 26.0 Å². The summed E-state index contributed by atoms with van der Waals surface area (Å²) in [6.07, 6.45) is 7.04. The Hall–Kier alpha value is -2.53. The van der Waals surface area contributed by atoms with Crippen LogP contribution >= 0.6 is 0 Å². The second-order valence-electron chi connectivity index (χ2n) is 5.38. The van der Waals surface area contributed by atoms with Crippen LogP contribution in [0.25, 0.3) is 0 Å². The van der Waals surface area contributed by atoms with Gasteiger partial charge in [-0.25, -0.2) is 9.97 Å². The van der Waals surface area contributed by atoms with E-state index in [2.05, 4.69) is 31.2 Å². The van der Waals surface area contributed by atoms with Gasteiger partial charge in [0, 0.05) is 32.0 Å². The van der Waals surface area contributed by atoms with Gasteiger partial charge in [0.2, 0.25) is 0 Å². The highest BCUT2D eigenvalue weighted by Gasteiger charge is 2.23. The summed E-state index contributed by atoms with van der Waals surface area (Å²) in [7, 11) is 0. The van der Waals surface area contributed by atoms with Gasteiger partial charge in [0.15, 0.2) is 11.5 Å². The molecule has 3 rings (SSSR count). The van der Waals surface area contributed by atoms with Gasteiger partial charge in [-0.15, -0.1) is 5.10 Å². The van der Waals surface area contributed by atoms with Crippen LogP contribution in [0.4, 0.5) is 5.82 Å². The maximum absolute atomic E-state index is 9.15. The smallest absolute Gasteiger partial charge is 0.183 e. The number of aliphatic hydroxyl groups is 1. The number of hydrogen-bond donors (Lipinski definition) is 1. The molecule has 0 bridgehead atoms. The van der Waals surface area contributed by atoms with Crippen molar-refractivity contribution in [3.05, 3.63) is 30.0 Å². The van der Waals surface area contributed by atoms with E-state index < -0.39 is 0 Å². The number of hydrogen-bond acceptors (Lipinski definition) is 7. The molecule has 1 aliphatic rings. The van der Waals surface area contributed by atoms with E-state index in [1.54, 1.807) is 17.1 Å². The summed E-state index contributed by atoms with van der Waals surface area (Å²) >= 11 is 0. The van der Waals surface area contributed by atoms with Crippen LogP contribution in [0, 0.1) is 17.2 Å². The van der Waals surface area contributed by atoms with Crippen LogP contribution in [0.5, 0.6) is 0 Å². The average molecular weight is 299 g/mol. The summed E-state index contributed by atoms with van der Waals surface area (Å²) < 4.78 is 1.77. The molecule has 0 aromatic carbocycles. The normalized spacial score (nSPS) is 18.2. The van der Waals surface area contributed by atoms with E-state index >= 15 is 0 Å². The van der Waals surface area contributed by atoms with Gasteiger partial charge >= 0.3 is 0 Å². The lowest BCUT2D eigenvalue weighted by Crippen LogP contribution is -2.38. The Morgan fingerprint density at radius 2 is 2.23 bits per heavy atom. The van der Waals surface area contributed by atoms with Crippen molar-refractivity contribution in [1.29, 1.82) is 5.26 Å². The quantitative estimate of drug-likeness (QED) is 0.868. The van der Waals surface area contributed by atoms with Gasteiger partial charge < -0.3 is 10.0 Å². The van der Waals surface area contributed by atoms with Crippen LogP contribution in [-0.4, -0.2) is 43.2 Å². The highest BCUT2D eigenvalue weighted by atomic mass is 16.3. The Morgan fingerprint density at radius 1 is 1.36 bits per heavy atom. The molecular formula is C14H17N7O. The molecule has 1 saturated heterocycles. The Bertz CT molecular complexity index is 678. The molecule has 1 atom stereocenters. The molecule has 0 unspecified atom stereocenters. The van der Waals surface area contributed by atoms with Crippen LogP contribution in [-0.2, 0) is 13.2 Å². The number of nitrogens with zero attached hydrogens (tertiary/aromatic N) is 7. The van der Waals surface area contributed by atoms with Crippen molar-refractivity contribution >= 4 is 5.82 Å². The summed E-state index contributed by atoms with van der Waals surface area (Å²) in [4.78, 5) is 10.5. The van der Waals surface area contributed by atoms with E-state index in [0.29, 0.717) is 23.1 Å². The van der Waals surface area contributed by atoms with E-state index in [4.69, 9.17) is 10.4 Å². The first-order valence-corrected chi connectivity index (χ1v) is 7.26. The van der Waals surface area contributed by atoms with Gasteiger partial charge in [-0.3, -0.25) is 4.68 Å². The maximum atomic E-state index is 9.15. The van der Waals surface area contributed by atoms with E-state index in [1.807, 2.05) is 0 Å². The molecule has 3 heterocycles. The third-order valence-corrected chi connectivity index (χ3v) is 3.80. The largest absolute Gasteiger partial charge is 0.390 e. The van der Waals surface area contributed by atoms with Crippen molar-refractivity contribution in [2.24, 2.45) is 5.92 Å². The number of rotatable bonds is 4. The van der Waals surface area contributed by atoms with Gasteiger partial charge in [0.25, 0.3) is 0 Å². The number of aliphatic hydroxyl groups excluding tert-OH is 1. The molecule has 0 aliphatic carbocycles. The molecular weight excluding hydrogens is 282 g/mol. The van der Waals surface area contributed by atoms with Gasteiger partial charge in [-0.2, -0.15) is 5.26 Å². The fourth-order valence-corrected chi connectivity index (χ4v) is 2.81. The van der Waals surface area contributed by atoms with Crippen molar-refractivity contribution in [3.63, 3.8) is 0 Å². The third kappa shape index (κ3) is 3.04. The van der Waals surface area contributed by atoms with Crippen LogP contribution in [0.15, 0.2) is 18.6 Å². The Labute approximate surface area is 128 Å². The van der Waals surface area contributed by atoms with Gasteiger partial charge in [0.05, 0.1) is 12.8 Å². The Balaban J connectivity index is 1.70. The zero-order chi connectivity index (χ0) is 15.4. The van der Waals surface area contributed by atoms with Crippen LogP contribution in [0.2, 0.25) is 0 Å². The fourth-order valence-electron chi connectivity index (χ4n) is 2.81. The van der Waals surface area contributed by atoms with E-state index in [1.165, 1.54) is 6.20 Å². The molecule has 2 aromatic rings. The number of anilines is 1. The lowest BCUT2D eigenvalue weighted by Gasteiger charge is -2.33. The standard InChI is InChI=1S/C14H17N7O/c15-6-13-14(17-4-3-16-13)20-5-1-2-11(7-20)8-21-9-12(10-22)18-19-21/h3-4,9,11,22H,1-2,5,7-8,10H2/t11-/m0/s1. The zero-order valence-electron chi connectivity index (χ0n) is 12.1. The van der Waals surface area contributed by atoms with E-state index in [-0.39, 0.29) is 6.61 Å². The average Bonchev–Trinajstić information content (AvgIpc) is 3.02. The van der Waals surface area contributed by atoms with Crippen LogP contribution < -0.4 is 4.90 Å². The van der Waals surface area contributed by atoms with Crippen molar-refractivity contribution in [2.75, 3.05) is 18.0 Å². The number of nitriles is 1. The summed E-state index contributed by atoms with van der Waals surface area (Å²) in [6, 6.07) is 2.10. The van der Waals surface area contributed by atoms with Crippen molar-refractivity contribution in [3.8, 4) is 6.07 Å². The third-order valence-electron chi connectivity index (χ3n) is 3.80. The molecule has 8 heteroatoms. The van der Waals surface area contributed by atoms with Gasteiger partial charge in [-0.05, 0) is 18.8 Å². The highest BCUT2D eigenvalue weighted by molar-refractivity contribution is 5.49. The lowest BCUT2D eigenvalue weighted by molar-refractivity contribution is 0.276. The predicted octanol–water partition coefficient (Wildman–Crippen LogP) is 0.349. The van der Waals surface area contributed by atoms with Crippen LogP contribution in [0.1, 0.15) is 24.2 Å². The van der Waals surface area contributed by atoms with Gasteiger partial charge in [-0.1, -0.05) is 5.21 Å². The molecule has 0 amide bonds.